The zero-order chi connectivity index (χ0) is 13.8. The van der Waals surface area contributed by atoms with Crippen LogP contribution in [0.25, 0.3) is 0 Å². The van der Waals surface area contributed by atoms with Crippen LogP contribution in [0.3, 0.4) is 0 Å². The molecular formula is C15H18N2O. The molecule has 18 heavy (non-hydrogen) atoms. The molecule has 94 valence electrons. The minimum absolute atomic E-state index is 0.343. The predicted molar refractivity (Wildman–Crippen MR) is 70.1 cm³/mol. The van der Waals surface area contributed by atoms with Crippen molar-refractivity contribution in [3.63, 3.8) is 0 Å². The lowest BCUT2D eigenvalue weighted by Gasteiger charge is -2.16. The van der Waals surface area contributed by atoms with Gasteiger partial charge in [-0.05, 0) is 30.0 Å². The Morgan fingerprint density at radius 1 is 1.28 bits per heavy atom. The molecule has 1 aromatic carbocycles. The summed E-state index contributed by atoms with van der Waals surface area (Å²) in [6, 6.07) is 9.96. The highest BCUT2D eigenvalue weighted by molar-refractivity contribution is 5.40. The van der Waals surface area contributed by atoms with E-state index in [4.69, 9.17) is 15.3 Å². The second kappa shape index (κ2) is 5.56. The molecule has 0 heterocycles. The highest BCUT2D eigenvalue weighted by Gasteiger charge is 2.24. The van der Waals surface area contributed by atoms with Gasteiger partial charge in [-0.25, -0.2) is 0 Å². The van der Waals surface area contributed by atoms with Gasteiger partial charge < -0.3 is 4.74 Å². The first-order chi connectivity index (χ1) is 8.45. The molecule has 1 rings (SSSR count). The van der Waals surface area contributed by atoms with Gasteiger partial charge in [0.05, 0.1) is 19.2 Å². The van der Waals surface area contributed by atoms with Crippen molar-refractivity contribution < 1.29 is 4.74 Å². The van der Waals surface area contributed by atoms with E-state index in [-0.39, 0.29) is 0 Å². The third-order valence-electron chi connectivity index (χ3n) is 2.97. The van der Waals surface area contributed by atoms with E-state index in [0.717, 1.165) is 16.9 Å². The number of methoxy groups -OCH3 is 1. The van der Waals surface area contributed by atoms with Crippen molar-refractivity contribution in [2.24, 2.45) is 5.41 Å². The highest BCUT2D eigenvalue weighted by atomic mass is 16.5. The van der Waals surface area contributed by atoms with Gasteiger partial charge in [-0.15, -0.1) is 0 Å². The van der Waals surface area contributed by atoms with Gasteiger partial charge in [0.15, 0.2) is 0 Å². The minimum Gasteiger partial charge on any atom is -0.496 e. The molecule has 0 spiro atoms. The molecule has 0 radical (unpaired) electrons. The van der Waals surface area contributed by atoms with Crippen LogP contribution in [-0.2, 0) is 6.42 Å². The molecule has 3 nitrogen and oxygen atoms in total. The van der Waals surface area contributed by atoms with Crippen LogP contribution in [0, 0.1) is 28.1 Å². The molecule has 0 saturated heterocycles. The fourth-order valence-corrected chi connectivity index (χ4v) is 1.86. The predicted octanol–water partition coefficient (Wildman–Crippen LogP) is 3.41. The number of hydrogen-bond acceptors (Lipinski definition) is 3. The standard InChI is InChI=1S/C15H18N2O/c1-11(2)13-7-12(5-6-14(13)18-4)8-15(3,9-16)10-17/h5-7,11H,8H2,1-4H3. The average molecular weight is 242 g/mol. The smallest absolute Gasteiger partial charge is 0.145 e. The number of ether oxygens (including phenoxy) is 1. The van der Waals surface area contributed by atoms with E-state index in [0.29, 0.717) is 12.3 Å². The molecule has 0 bridgehead atoms. The molecule has 0 aliphatic heterocycles. The normalized spacial score (nSPS) is 10.8. The van der Waals surface area contributed by atoms with E-state index < -0.39 is 5.41 Å². The van der Waals surface area contributed by atoms with Gasteiger partial charge in [0.1, 0.15) is 11.2 Å². The van der Waals surface area contributed by atoms with Gasteiger partial charge in [0, 0.05) is 6.42 Å². The zero-order valence-corrected chi connectivity index (χ0v) is 11.3. The number of nitriles is 2. The third kappa shape index (κ3) is 3.02. The second-order valence-electron chi connectivity index (χ2n) is 4.96. The van der Waals surface area contributed by atoms with Crippen molar-refractivity contribution in [1.29, 1.82) is 10.5 Å². The fourth-order valence-electron chi connectivity index (χ4n) is 1.86. The lowest BCUT2D eigenvalue weighted by atomic mass is 9.85. The Morgan fingerprint density at radius 3 is 2.33 bits per heavy atom. The lowest BCUT2D eigenvalue weighted by Crippen LogP contribution is -2.14. The van der Waals surface area contributed by atoms with Crippen LogP contribution in [0.2, 0.25) is 0 Å². The van der Waals surface area contributed by atoms with E-state index in [1.807, 2.05) is 18.2 Å². The highest BCUT2D eigenvalue weighted by Crippen LogP contribution is 2.29. The van der Waals surface area contributed by atoms with E-state index >= 15 is 0 Å². The van der Waals surface area contributed by atoms with Gasteiger partial charge in [0.2, 0.25) is 0 Å². The molecule has 3 heteroatoms. The topological polar surface area (TPSA) is 56.8 Å². The number of hydrogen-bond donors (Lipinski definition) is 0. The summed E-state index contributed by atoms with van der Waals surface area (Å²) in [5.74, 6) is 1.19. The van der Waals surface area contributed by atoms with E-state index in [2.05, 4.69) is 26.0 Å². The molecule has 0 aromatic heterocycles. The Morgan fingerprint density at radius 2 is 1.89 bits per heavy atom. The molecular weight excluding hydrogens is 224 g/mol. The Kier molecular flexibility index (Phi) is 4.34. The molecule has 0 N–H and O–H groups in total. The van der Waals surface area contributed by atoms with Gasteiger partial charge in [0.25, 0.3) is 0 Å². The fraction of sp³-hybridized carbons (Fsp3) is 0.467. The molecule has 0 saturated carbocycles. The largest absolute Gasteiger partial charge is 0.496 e. The second-order valence-corrected chi connectivity index (χ2v) is 4.96. The minimum atomic E-state index is -0.969. The third-order valence-corrected chi connectivity index (χ3v) is 2.97. The van der Waals surface area contributed by atoms with Gasteiger partial charge in [-0.2, -0.15) is 10.5 Å². The lowest BCUT2D eigenvalue weighted by molar-refractivity contribution is 0.407. The Bertz CT molecular complexity index is 492. The Labute approximate surface area is 109 Å². The van der Waals surface area contributed by atoms with Crippen LogP contribution in [0.5, 0.6) is 5.75 Å². The summed E-state index contributed by atoms with van der Waals surface area (Å²) in [6.07, 6.45) is 0.434. The molecule has 1 aromatic rings. The number of benzene rings is 1. The number of nitrogens with zero attached hydrogens (tertiary/aromatic N) is 2. The van der Waals surface area contributed by atoms with Crippen molar-refractivity contribution in [3.05, 3.63) is 29.3 Å². The van der Waals surface area contributed by atoms with Crippen LogP contribution in [0.15, 0.2) is 18.2 Å². The summed E-state index contributed by atoms with van der Waals surface area (Å²) in [5.41, 5.74) is 1.13. The maximum Gasteiger partial charge on any atom is 0.145 e. The van der Waals surface area contributed by atoms with Crippen LogP contribution < -0.4 is 4.74 Å². The average Bonchev–Trinajstić information content (AvgIpc) is 2.38. The summed E-state index contributed by atoms with van der Waals surface area (Å²) < 4.78 is 5.31. The number of rotatable bonds is 4. The van der Waals surface area contributed by atoms with E-state index in [1.165, 1.54) is 0 Å². The van der Waals surface area contributed by atoms with Crippen molar-refractivity contribution >= 4 is 0 Å². The molecule has 0 amide bonds. The van der Waals surface area contributed by atoms with Gasteiger partial charge >= 0.3 is 0 Å². The summed E-state index contributed by atoms with van der Waals surface area (Å²) in [6.45, 7) is 5.84. The van der Waals surface area contributed by atoms with E-state index in [1.54, 1.807) is 14.0 Å². The van der Waals surface area contributed by atoms with Gasteiger partial charge in [-0.1, -0.05) is 26.0 Å². The Hall–Kier alpha value is -2.00. The maximum atomic E-state index is 9.03. The van der Waals surface area contributed by atoms with Crippen LogP contribution >= 0.6 is 0 Å². The van der Waals surface area contributed by atoms with Crippen molar-refractivity contribution in [3.8, 4) is 17.9 Å². The SMILES string of the molecule is COc1ccc(CC(C)(C#N)C#N)cc1C(C)C. The first kappa shape index (κ1) is 14.1. The van der Waals surface area contributed by atoms with Crippen LogP contribution in [0.1, 0.15) is 37.8 Å². The van der Waals surface area contributed by atoms with Crippen molar-refractivity contribution in [1.82, 2.24) is 0 Å². The molecule has 0 unspecified atom stereocenters. The zero-order valence-electron chi connectivity index (χ0n) is 11.3. The monoisotopic (exact) mass is 242 g/mol. The Balaban J connectivity index is 3.11. The summed E-state index contributed by atoms with van der Waals surface area (Å²) >= 11 is 0. The molecule has 0 aliphatic rings. The molecule has 0 fully saturated rings. The summed E-state index contributed by atoms with van der Waals surface area (Å²) in [7, 11) is 1.65. The van der Waals surface area contributed by atoms with Crippen molar-refractivity contribution in [2.75, 3.05) is 7.11 Å². The first-order valence-corrected chi connectivity index (χ1v) is 5.95. The van der Waals surface area contributed by atoms with Gasteiger partial charge in [-0.3, -0.25) is 0 Å². The quantitative estimate of drug-likeness (QED) is 0.812. The molecule has 0 aliphatic carbocycles. The van der Waals surface area contributed by atoms with Crippen LogP contribution in [0.4, 0.5) is 0 Å². The van der Waals surface area contributed by atoms with Crippen LogP contribution in [-0.4, -0.2) is 7.11 Å². The first-order valence-electron chi connectivity index (χ1n) is 5.95. The van der Waals surface area contributed by atoms with Crippen molar-refractivity contribution in [2.45, 2.75) is 33.1 Å². The summed E-state index contributed by atoms with van der Waals surface area (Å²) in [4.78, 5) is 0. The maximum absolute atomic E-state index is 9.03. The molecule has 0 atom stereocenters. The van der Waals surface area contributed by atoms with E-state index in [9.17, 15) is 0 Å². The summed E-state index contributed by atoms with van der Waals surface area (Å²) in [5, 5.41) is 18.1.